The first kappa shape index (κ1) is 21.2. The van der Waals surface area contributed by atoms with Crippen LogP contribution in [-0.4, -0.2) is 53.7 Å². The predicted octanol–water partition coefficient (Wildman–Crippen LogP) is 3.37. The molecule has 0 spiro atoms. The Bertz CT molecular complexity index is 942. The normalized spacial score (nSPS) is 21.7. The van der Waals surface area contributed by atoms with Gasteiger partial charge in [-0.25, -0.2) is 9.40 Å². The van der Waals surface area contributed by atoms with Crippen molar-refractivity contribution in [3.05, 3.63) is 59.8 Å². The van der Waals surface area contributed by atoms with E-state index in [1.165, 1.54) is 17.1 Å². The fourth-order valence-electron chi connectivity index (χ4n) is 4.17. The molecule has 0 saturated carbocycles. The van der Waals surface area contributed by atoms with Crippen molar-refractivity contribution in [3.63, 3.8) is 0 Å². The van der Waals surface area contributed by atoms with Crippen LogP contribution >= 0.6 is 0 Å². The molecular weight excluding hydrogens is 401 g/mol. The molecule has 1 amide bonds. The number of hydrogen-bond acceptors (Lipinski definition) is 6. The van der Waals surface area contributed by atoms with E-state index in [0.717, 1.165) is 24.9 Å². The quantitative estimate of drug-likeness (QED) is 0.661. The highest BCUT2D eigenvalue weighted by atomic mass is 19.1. The van der Waals surface area contributed by atoms with Gasteiger partial charge in [0.1, 0.15) is 17.6 Å². The van der Waals surface area contributed by atoms with E-state index >= 15 is 0 Å². The molecule has 2 atom stereocenters. The second kappa shape index (κ2) is 9.43. The van der Waals surface area contributed by atoms with E-state index in [0.29, 0.717) is 31.0 Å². The monoisotopic (exact) mass is 427 g/mol. The van der Waals surface area contributed by atoms with Gasteiger partial charge in [0.15, 0.2) is 0 Å². The molecule has 4 rings (SSSR count). The van der Waals surface area contributed by atoms with Gasteiger partial charge >= 0.3 is 5.97 Å². The molecule has 2 aromatic rings. The van der Waals surface area contributed by atoms with Crippen LogP contribution in [0.1, 0.15) is 43.6 Å². The van der Waals surface area contributed by atoms with Crippen LogP contribution in [0.4, 0.5) is 4.39 Å². The molecule has 0 radical (unpaired) electrons. The number of ether oxygens (including phenoxy) is 1. The molecule has 1 saturated heterocycles. The van der Waals surface area contributed by atoms with Crippen LogP contribution < -0.4 is 0 Å². The smallest absolute Gasteiger partial charge is 0.310 e. The first-order valence-electron chi connectivity index (χ1n) is 10.6. The van der Waals surface area contributed by atoms with Gasteiger partial charge in [-0.15, -0.1) is 0 Å². The molecule has 0 N–H and O–H groups in total. The standard InChI is InChI=1S/C23H26FN3O4/c1-2-30-23(29)17-5-3-11-26(14-17)15-22(28)27-20(21-6-4-12-31-21)13-19(25-27)16-7-9-18(24)10-8-16/h4,6-10,12,17,20H,2-3,5,11,13-15H2,1H3/t17-,20-/m0/s1. The number of carbonyl (C=O) groups excluding carboxylic acids is 2. The Kier molecular flexibility index (Phi) is 6.46. The third kappa shape index (κ3) is 4.85. The number of halogens is 1. The lowest BCUT2D eigenvalue weighted by Crippen LogP contribution is -2.44. The summed E-state index contributed by atoms with van der Waals surface area (Å²) in [4.78, 5) is 27.3. The molecule has 2 aliphatic heterocycles. The van der Waals surface area contributed by atoms with Gasteiger partial charge in [-0.1, -0.05) is 12.1 Å². The number of esters is 1. The Labute approximate surface area is 180 Å². The van der Waals surface area contributed by atoms with Crippen molar-refractivity contribution in [1.29, 1.82) is 0 Å². The van der Waals surface area contributed by atoms with Gasteiger partial charge in [0.25, 0.3) is 5.91 Å². The lowest BCUT2D eigenvalue weighted by Gasteiger charge is -2.32. The number of piperidine rings is 1. The summed E-state index contributed by atoms with van der Waals surface area (Å²) in [5, 5.41) is 6.04. The van der Waals surface area contributed by atoms with Crippen molar-refractivity contribution in [2.24, 2.45) is 11.0 Å². The van der Waals surface area contributed by atoms with E-state index in [1.807, 2.05) is 11.0 Å². The average Bonchev–Trinajstić information content (AvgIpc) is 3.45. The van der Waals surface area contributed by atoms with Crippen LogP contribution in [0.2, 0.25) is 0 Å². The minimum atomic E-state index is -0.354. The van der Waals surface area contributed by atoms with E-state index in [-0.39, 0.29) is 36.2 Å². The number of amides is 1. The number of rotatable bonds is 6. The summed E-state index contributed by atoms with van der Waals surface area (Å²) in [5.41, 5.74) is 1.48. The van der Waals surface area contributed by atoms with Gasteiger partial charge in [0.05, 0.1) is 31.0 Å². The minimum Gasteiger partial charge on any atom is -0.467 e. The molecule has 0 aliphatic carbocycles. The third-order valence-corrected chi connectivity index (χ3v) is 5.70. The maximum atomic E-state index is 13.3. The second-order valence-electron chi connectivity index (χ2n) is 7.85. The zero-order chi connectivity index (χ0) is 21.8. The number of hydrazone groups is 1. The maximum Gasteiger partial charge on any atom is 0.310 e. The number of furan rings is 1. The molecule has 1 fully saturated rings. The molecule has 0 bridgehead atoms. The van der Waals surface area contributed by atoms with Gasteiger partial charge in [-0.3, -0.25) is 14.5 Å². The zero-order valence-corrected chi connectivity index (χ0v) is 17.5. The van der Waals surface area contributed by atoms with E-state index in [2.05, 4.69) is 5.10 Å². The number of likely N-dealkylation sites (tertiary alicyclic amines) is 1. The molecule has 1 aromatic carbocycles. The Hall–Kier alpha value is -3.00. The fraction of sp³-hybridized carbons (Fsp3) is 0.435. The SMILES string of the molecule is CCOC(=O)[C@H]1CCCN(CC(=O)N2N=C(c3ccc(F)cc3)C[C@H]2c2ccco2)C1. The molecule has 0 unspecified atom stereocenters. The lowest BCUT2D eigenvalue weighted by molar-refractivity contribution is -0.150. The third-order valence-electron chi connectivity index (χ3n) is 5.70. The molecule has 31 heavy (non-hydrogen) atoms. The summed E-state index contributed by atoms with van der Waals surface area (Å²) in [5.74, 6) is -0.246. The summed E-state index contributed by atoms with van der Waals surface area (Å²) < 4.78 is 24.0. The molecule has 7 nitrogen and oxygen atoms in total. The van der Waals surface area contributed by atoms with Gasteiger partial charge in [-0.05, 0) is 56.1 Å². The Balaban J connectivity index is 1.49. The van der Waals surface area contributed by atoms with Crippen LogP contribution in [0.3, 0.4) is 0 Å². The number of hydrogen-bond donors (Lipinski definition) is 0. The number of nitrogens with zero attached hydrogens (tertiary/aromatic N) is 3. The van der Waals surface area contributed by atoms with Crippen LogP contribution in [-0.2, 0) is 14.3 Å². The van der Waals surface area contributed by atoms with E-state index < -0.39 is 0 Å². The minimum absolute atomic E-state index is 0.160. The highest BCUT2D eigenvalue weighted by molar-refractivity contribution is 6.03. The molecule has 1 aromatic heterocycles. The van der Waals surface area contributed by atoms with Gasteiger partial charge < -0.3 is 9.15 Å². The molecule has 3 heterocycles. The predicted molar refractivity (Wildman–Crippen MR) is 112 cm³/mol. The number of benzene rings is 1. The summed E-state index contributed by atoms with van der Waals surface area (Å²) in [6.45, 7) is 3.55. The highest BCUT2D eigenvalue weighted by Crippen LogP contribution is 2.33. The Morgan fingerprint density at radius 2 is 2.06 bits per heavy atom. The Morgan fingerprint density at radius 1 is 1.26 bits per heavy atom. The largest absolute Gasteiger partial charge is 0.467 e. The van der Waals surface area contributed by atoms with Crippen LogP contribution in [0.15, 0.2) is 52.2 Å². The topological polar surface area (TPSA) is 75.3 Å². The average molecular weight is 427 g/mol. The lowest BCUT2D eigenvalue weighted by atomic mass is 9.98. The van der Waals surface area contributed by atoms with Gasteiger partial charge in [0.2, 0.25) is 0 Å². The Morgan fingerprint density at radius 3 is 2.77 bits per heavy atom. The first-order chi connectivity index (χ1) is 15.0. The van der Waals surface area contributed by atoms with Gasteiger partial charge in [0, 0.05) is 13.0 Å². The van der Waals surface area contributed by atoms with Crippen molar-refractivity contribution in [2.75, 3.05) is 26.2 Å². The summed E-state index contributed by atoms with van der Waals surface area (Å²) in [6, 6.07) is 9.34. The van der Waals surface area contributed by atoms with Crippen LogP contribution in [0, 0.1) is 11.7 Å². The van der Waals surface area contributed by atoms with E-state index in [9.17, 15) is 14.0 Å². The number of carbonyl (C=O) groups is 2. The molecular formula is C23H26FN3O4. The summed E-state index contributed by atoms with van der Waals surface area (Å²) in [6.07, 6.45) is 3.66. The molecule has 164 valence electrons. The van der Waals surface area contributed by atoms with Crippen molar-refractivity contribution in [3.8, 4) is 0 Å². The fourth-order valence-corrected chi connectivity index (χ4v) is 4.17. The molecule has 2 aliphatic rings. The van der Waals surface area contributed by atoms with Crippen molar-refractivity contribution >= 4 is 17.6 Å². The van der Waals surface area contributed by atoms with Gasteiger partial charge in [-0.2, -0.15) is 5.10 Å². The van der Waals surface area contributed by atoms with Crippen LogP contribution in [0.5, 0.6) is 0 Å². The van der Waals surface area contributed by atoms with E-state index in [1.54, 1.807) is 31.4 Å². The summed E-state index contributed by atoms with van der Waals surface area (Å²) in [7, 11) is 0. The van der Waals surface area contributed by atoms with Crippen molar-refractivity contribution in [1.82, 2.24) is 9.91 Å². The van der Waals surface area contributed by atoms with Crippen LogP contribution in [0.25, 0.3) is 0 Å². The summed E-state index contributed by atoms with van der Waals surface area (Å²) >= 11 is 0. The molecule has 8 heteroatoms. The first-order valence-corrected chi connectivity index (χ1v) is 10.6. The maximum absolute atomic E-state index is 13.3. The van der Waals surface area contributed by atoms with E-state index in [4.69, 9.17) is 9.15 Å². The highest BCUT2D eigenvalue weighted by Gasteiger charge is 2.36. The van der Waals surface area contributed by atoms with Crippen molar-refractivity contribution < 1.29 is 23.1 Å². The zero-order valence-electron chi connectivity index (χ0n) is 17.5. The second-order valence-corrected chi connectivity index (χ2v) is 7.85. The van der Waals surface area contributed by atoms with Crippen molar-refractivity contribution in [2.45, 2.75) is 32.2 Å².